The topological polar surface area (TPSA) is 172 Å². The van der Waals surface area contributed by atoms with Crippen molar-refractivity contribution in [2.75, 3.05) is 36.8 Å². The number of ether oxygens (including phenoxy) is 1. The van der Waals surface area contributed by atoms with Crippen LogP contribution in [-0.4, -0.2) is 73.5 Å². The van der Waals surface area contributed by atoms with Crippen molar-refractivity contribution in [3.05, 3.63) is 89.5 Å². The average Bonchev–Trinajstić information content (AvgIpc) is 3.15. The molecule has 2 heterocycles. The number of nitrogens with two attached hydrogens (primary N) is 1. The smallest absolute Gasteiger partial charge is 0.417 e. The Morgan fingerprint density at radius 3 is 1.73 bits per heavy atom. The molecule has 306 valence electrons. The number of nitrogens with one attached hydrogen (secondary N) is 4. The Kier molecular flexibility index (Phi) is 14.3. The van der Waals surface area contributed by atoms with E-state index in [1.165, 1.54) is 11.6 Å². The monoisotopic (exact) mass is 802 g/mol. The van der Waals surface area contributed by atoms with Crippen molar-refractivity contribution in [2.45, 2.75) is 101 Å². The molecule has 0 unspecified atom stereocenters. The summed E-state index contributed by atoms with van der Waals surface area (Å²) >= 11 is 0. The van der Waals surface area contributed by atoms with Gasteiger partial charge in [0.2, 0.25) is 21.8 Å². The SMILES string of the molecule is CCc1ccc(NC(=O)C2(N)CCN(S(=O)(=O)c3ccccc3C(F)(F)F)CC2)cc1.CCc1ccc(NC(=O)C2(NC(=O)OC(C)(C)C)CCNCC2)cc1. The Morgan fingerprint density at radius 2 is 1.27 bits per heavy atom. The fraction of sp³-hybridized carbons (Fsp3) is 0.475. The molecule has 56 heavy (non-hydrogen) atoms. The van der Waals surface area contributed by atoms with Gasteiger partial charge in [0.15, 0.2) is 0 Å². The first-order chi connectivity index (χ1) is 26.2. The van der Waals surface area contributed by atoms with Crippen LogP contribution >= 0.6 is 0 Å². The number of carbonyl (C=O) groups is 3. The minimum Gasteiger partial charge on any atom is -0.444 e. The second kappa shape index (κ2) is 18.2. The highest BCUT2D eigenvalue weighted by Crippen LogP contribution is 2.36. The number of anilines is 2. The van der Waals surface area contributed by atoms with Crippen molar-refractivity contribution in [3.63, 3.8) is 0 Å². The molecule has 3 aromatic carbocycles. The van der Waals surface area contributed by atoms with Crippen LogP contribution in [0.25, 0.3) is 0 Å². The third kappa shape index (κ3) is 11.5. The summed E-state index contributed by atoms with van der Waals surface area (Å²) in [6.07, 6.45) is -2.55. The van der Waals surface area contributed by atoms with Crippen molar-refractivity contribution >= 4 is 39.3 Å². The zero-order valence-corrected chi connectivity index (χ0v) is 33.3. The lowest BCUT2D eigenvalue weighted by molar-refractivity contribution is -0.140. The number of piperidine rings is 2. The highest BCUT2D eigenvalue weighted by atomic mass is 32.2. The molecule has 5 rings (SSSR count). The highest BCUT2D eigenvalue weighted by Gasteiger charge is 2.44. The summed E-state index contributed by atoms with van der Waals surface area (Å²) in [7, 11) is -4.39. The van der Waals surface area contributed by atoms with Crippen LogP contribution in [0, 0.1) is 0 Å². The van der Waals surface area contributed by atoms with Crippen LogP contribution < -0.4 is 27.0 Å². The number of halogens is 3. The molecule has 0 aliphatic carbocycles. The first-order valence-electron chi connectivity index (χ1n) is 18.7. The maximum Gasteiger partial charge on any atom is 0.417 e. The van der Waals surface area contributed by atoms with Gasteiger partial charge in [0.05, 0.1) is 16.0 Å². The average molecular weight is 803 g/mol. The van der Waals surface area contributed by atoms with Gasteiger partial charge >= 0.3 is 12.3 Å². The number of carbonyl (C=O) groups excluding carboxylic acids is 3. The molecule has 16 heteroatoms. The lowest BCUT2D eigenvalue weighted by Gasteiger charge is -2.37. The second-order valence-electron chi connectivity index (χ2n) is 15.0. The van der Waals surface area contributed by atoms with Gasteiger partial charge in [0.1, 0.15) is 11.1 Å². The number of alkyl halides is 3. The van der Waals surface area contributed by atoms with E-state index in [1.807, 2.05) is 43.3 Å². The van der Waals surface area contributed by atoms with E-state index in [9.17, 15) is 36.0 Å². The van der Waals surface area contributed by atoms with Gasteiger partial charge in [0, 0.05) is 24.5 Å². The van der Waals surface area contributed by atoms with Crippen LogP contribution in [0.4, 0.5) is 29.3 Å². The lowest BCUT2D eigenvalue weighted by atomic mass is 9.87. The maximum absolute atomic E-state index is 13.3. The molecule has 2 aliphatic rings. The van der Waals surface area contributed by atoms with Crippen LogP contribution in [-0.2, 0) is 43.4 Å². The van der Waals surface area contributed by atoms with E-state index in [2.05, 4.69) is 28.2 Å². The Labute approximate surface area is 327 Å². The first-order valence-corrected chi connectivity index (χ1v) is 20.1. The van der Waals surface area contributed by atoms with Crippen molar-refractivity contribution in [1.82, 2.24) is 14.9 Å². The molecule has 0 aromatic heterocycles. The van der Waals surface area contributed by atoms with E-state index in [0.29, 0.717) is 31.6 Å². The van der Waals surface area contributed by atoms with Crippen molar-refractivity contribution in [1.29, 1.82) is 0 Å². The van der Waals surface area contributed by atoms with Gasteiger partial charge < -0.3 is 31.7 Å². The molecule has 2 aliphatic heterocycles. The van der Waals surface area contributed by atoms with Gasteiger partial charge in [-0.05, 0) is 120 Å². The number of amides is 3. The van der Waals surface area contributed by atoms with Crippen molar-refractivity contribution in [2.24, 2.45) is 5.73 Å². The molecule has 3 amide bonds. The van der Waals surface area contributed by atoms with Crippen LogP contribution in [0.2, 0.25) is 0 Å². The quantitative estimate of drug-likeness (QED) is 0.170. The van der Waals surface area contributed by atoms with Gasteiger partial charge in [-0.25, -0.2) is 13.2 Å². The second-order valence-corrected chi connectivity index (χ2v) is 16.9. The van der Waals surface area contributed by atoms with E-state index in [4.69, 9.17) is 10.5 Å². The Morgan fingerprint density at radius 1 is 0.786 bits per heavy atom. The normalized spacial score (nSPS) is 17.1. The predicted molar refractivity (Wildman–Crippen MR) is 209 cm³/mol. The third-order valence-corrected chi connectivity index (χ3v) is 11.7. The lowest BCUT2D eigenvalue weighted by Crippen LogP contribution is -2.61. The van der Waals surface area contributed by atoms with E-state index in [1.54, 1.807) is 32.9 Å². The number of sulfonamides is 1. The van der Waals surface area contributed by atoms with Gasteiger partial charge in [-0.15, -0.1) is 0 Å². The zero-order chi connectivity index (χ0) is 41.4. The Bertz CT molecular complexity index is 1920. The summed E-state index contributed by atoms with van der Waals surface area (Å²) in [5.74, 6) is -0.659. The molecule has 0 saturated carbocycles. The molecular weight excluding hydrogens is 750 g/mol. The summed E-state index contributed by atoms with van der Waals surface area (Å²) < 4.78 is 71.9. The molecule has 0 radical (unpaired) electrons. The summed E-state index contributed by atoms with van der Waals surface area (Å²) in [6.45, 7) is 10.5. The standard InChI is InChI=1S/C21H24F3N3O3S.C19H29N3O3/c1-2-15-7-9-16(10-8-15)26-19(28)20(25)11-13-27(14-12-20)31(29,30)18-6-4-3-5-17(18)21(22,23)24;1-5-14-6-8-15(9-7-14)21-16(23)19(10-12-20-13-11-19)22-17(24)25-18(2,3)4/h3-10H,2,11-14,25H2,1H3,(H,26,28);6-9,20H,5,10-13H2,1-4H3,(H,21,23)(H,22,24). The molecule has 6 N–H and O–H groups in total. The zero-order valence-electron chi connectivity index (χ0n) is 32.5. The molecule has 2 saturated heterocycles. The van der Waals surface area contributed by atoms with Crippen LogP contribution in [0.1, 0.15) is 77.0 Å². The minimum atomic E-state index is -4.80. The minimum absolute atomic E-state index is 0.0146. The van der Waals surface area contributed by atoms with E-state index in [0.717, 1.165) is 46.6 Å². The molecule has 0 spiro atoms. The maximum atomic E-state index is 13.3. The molecule has 0 atom stereocenters. The van der Waals surface area contributed by atoms with Gasteiger partial charge in [0.25, 0.3) is 0 Å². The van der Waals surface area contributed by atoms with Crippen molar-refractivity contribution < 1.29 is 40.7 Å². The number of aryl methyl sites for hydroxylation is 2. The summed E-state index contributed by atoms with van der Waals surface area (Å²) in [6, 6.07) is 19.1. The largest absolute Gasteiger partial charge is 0.444 e. The van der Waals surface area contributed by atoms with E-state index < -0.39 is 55.3 Å². The van der Waals surface area contributed by atoms with Crippen LogP contribution in [0.5, 0.6) is 0 Å². The number of nitrogens with zero attached hydrogens (tertiary/aromatic N) is 1. The fourth-order valence-electron chi connectivity index (χ4n) is 6.33. The van der Waals surface area contributed by atoms with Crippen molar-refractivity contribution in [3.8, 4) is 0 Å². The van der Waals surface area contributed by atoms with Gasteiger partial charge in [-0.1, -0.05) is 50.2 Å². The Hall–Kier alpha value is -4.51. The van der Waals surface area contributed by atoms with Gasteiger partial charge in [-0.3, -0.25) is 9.59 Å². The van der Waals surface area contributed by atoms with Gasteiger partial charge in [-0.2, -0.15) is 17.5 Å². The summed E-state index contributed by atoms with van der Waals surface area (Å²) in [5.41, 5.74) is 5.75. The summed E-state index contributed by atoms with van der Waals surface area (Å²) in [5, 5.41) is 11.7. The van der Waals surface area contributed by atoms with E-state index in [-0.39, 0.29) is 31.8 Å². The molecule has 0 bridgehead atoms. The number of benzene rings is 3. The third-order valence-electron chi connectivity index (χ3n) is 9.75. The number of hydrogen-bond acceptors (Lipinski definition) is 8. The van der Waals surface area contributed by atoms with Crippen LogP contribution in [0.15, 0.2) is 77.7 Å². The number of rotatable bonds is 9. The highest BCUT2D eigenvalue weighted by molar-refractivity contribution is 7.89. The Balaban J connectivity index is 0.000000255. The molecule has 12 nitrogen and oxygen atoms in total. The first kappa shape index (κ1) is 44.2. The summed E-state index contributed by atoms with van der Waals surface area (Å²) in [4.78, 5) is 37.1. The molecule has 2 fully saturated rings. The molecular formula is C40H53F3N6O6S. The fourth-order valence-corrected chi connectivity index (χ4v) is 7.99. The number of alkyl carbamates (subject to hydrolysis) is 1. The molecule has 3 aromatic rings. The number of hydrogen-bond donors (Lipinski definition) is 5. The van der Waals surface area contributed by atoms with Crippen LogP contribution in [0.3, 0.4) is 0 Å². The predicted octanol–water partition coefficient (Wildman–Crippen LogP) is 6.22. The van der Waals surface area contributed by atoms with E-state index >= 15 is 0 Å².